The number of rotatable bonds is 2. The number of benzene rings is 2. The second-order valence-corrected chi connectivity index (χ2v) is 6.11. The predicted molar refractivity (Wildman–Crippen MR) is 98.2 cm³/mol. The molecule has 25 heavy (non-hydrogen) atoms. The van der Waals surface area contributed by atoms with Crippen molar-refractivity contribution in [3.63, 3.8) is 0 Å². The summed E-state index contributed by atoms with van der Waals surface area (Å²) in [5.74, 6) is -0.0419. The van der Waals surface area contributed by atoms with E-state index < -0.39 is 0 Å². The summed E-state index contributed by atoms with van der Waals surface area (Å²) < 4.78 is 1.79. The van der Waals surface area contributed by atoms with E-state index in [9.17, 15) is 9.90 Å². The van der Waals surface area contributed by atoms with E-state index >= 15 is 0 Å². The molecule has 0 unspecified atom stereocenters. The molecule has 5 heteroatoms. The lowest BCUT2D eigenvalue weighted by Crippen LogP contribution is -2.15. The largest absolute Gasteiger partial charge is 0.507 e. The van der Waals surface area contributed by atoms with Crippen molar-refractivity contribution in [2.75, 3.05) is 5.32 Å². The summed E-state index contributed by atoms with van der Waals surface area (Å²) in [6.07, 6.45) is 1.86. The summed E-state index contributed by atoms with van der Waals surface area (Å²) in [4.78, 5) is 17.4. The molecule has 0 aliphatic heterocycles. The van der Waals surface area contributed by atoms with Crippen LogP contribution in [0.1, 0.15) is 21.7 Å². The molecule has 0 radical (unpaired) electrons. The number of aromatic hydroxyl groups is 1. The van der Waals surface area contributed by atoms with Crippen molar-refractivity contribution >= 4 is 28.0 Å². The Balaban J connectivity index is 1.79. The van der Waals surface area contributed by atoms with Gasteiger partial charge in [-0.15, -0.1) is 0 Å². The molecule has 0 saturated heterocycles. The fourth-order valence-corrected chi connectivity index (χ4v) is 3.12. The fraction of sp³-hybridized carbons (Fsp3) is 0.100. The molecule has 0 spiro atoms. The fourth-order valence-electron chi connectivity index (χ4n) is 3.12. The number of anilines is 1. The monoisotopic (exact) mass is 331 g/mol. The molecule has 0 aliphatic carbocycles. The summed E-state index contributed by atoms with van der Waals surface area (Å²) in [5.41, 5.74) is 3.67. The number of phenols is 1. The van der Waals surface area contributed by atoms with Crippen LogP contribution < -0.4 is 5.32 Å². The van der Waals surface area contributed by atoms with Crippen molar-refractivity contribution in [1.29, 1.82) is 0 Å². The summed E-state index contributed by atoms with van der Waals surface area (Å²) in [6.45, 7) is 3.82. The van der Waals surface area contributed by atoms with E-state index in [0.717, 1.165) is 16.6 Å². The number of aromatic nitrogens is 2. The van der Waals surface area contributed by atoms with Crippen LogP contribution in [0.15, 0.2) is 54.7 Å². The molecule has 5 nitrogen and oxygen atoms in total. The second-order valence-electron chi connectivity index (χ2n) is 6.11. The number of nitrogens with one attached hydrogen (secondary N) is 1. The highest BCUT2D eigenvalue weighted by Crippen LogP contribution is 2.30. The molecule has 1 amide bonds. The molecule has 2 aromatic heterocycles. The third kappa shape index (κ3) is 2.50. The normalized spacial score (nSPS) is 11.1. The topological polar surface area (TPSA) is 66.6 Å². The van der Waals surface area contributed by atoms with Crippen LogP contribution in [0.25, 0.3) is 16.4 Å². The summed E-state index contributed by atoms with van der Waals surface area (Å²) >= 11 is 0. The van der Waals surface area contributed by atoms with Gasteiger partial charge in [-0.1, -0.05) is 24.3 Å². The Bertz CT molecular complexity index is 1130. The van der Waals surface area contributed by atoms with Gasteiger partial charge in [0.2, 0.25) is 0 Å². The van der Waals surface area contributed by atoms with Gasteiger partial charge >= 0.3 is 0 Å². The van der Waals surface area contributed by atoms with Gasteiger partial charge < -0.3 is 10.4 Å². The Hall–Kier alpha value is -3.34. The van der Waals surface area contributed by atoms with Crippen LogP contribution in [0.2, 0.25) is 0 Å². The number of aryl methyl sites for hydroxylation is 2. The maximum atomic E-state index is 12.9. The summed E-state index contributed by atoms with van der Waals surface area (Å²) in [6, 6.07) is 14.6. The first-order chi connectivity index (χ1) is 12.0. The number of imidazole rings is 1. The van der Waals surface area contributed by atoms with Gasteiger partial charge in [-0.05, 0) is 43.7 Å². The molecule has 0 aliphatic rings. The van der Waals surface area contributed by atoms with Crippen molar-refractivity contribution in [3.05, 3.63) is 71.7 Å². The van der Waals surface area contributed by atoms with Gasteiger partial charge in [0.15, 0.2) is 0 Å². The van der Waals surface area contributed by atoms with E-state index in [2.05, 4.69) is 10.3 Å². The van der Waals surface area contributed by atoms with E-state index in [4.69, 9.17) is 0 Å². The number of pyridine rings is 1. The SMILES string of the molecule is Cc1ccn2c(C(=O)Nc3cccc4c(O)cccc34)c(C)nc2c1. The highest BCUT2D eigenvalue weighted by molar-refractivity contribution is 6.10. The Morgan fingerprint density at radius 2 is 1.84 bits per heavy atom. The van der Waals surface area contributed by atoms with Crippen molar-refractivity contribution in [2.24, 2.45) is 0 Å². The van der Waals surface area contributed by atoms with Crippen molar-refractivity contribution in [2.45, 2.75) is 13.8 Å². The van der Waals surface area contributed by atoms with Crippen LogP contribution in [0, 0.1) is 13.8 Å². The van der Waals surface area contributed by atoms with Gasteiger partial charge in [0.25, 0.3) is 5.91 Å². The first kappa shape index (κ1) is 15.2. The number of hydrogen-bond acceptors (Lipinski definition) is 3. The van der Waals surface area contributed by atoms with Crippen LogP contribution >= 0.6 is 0 Å². The molecule has 4 aromatic rings. The molecule has 2 aromatic carbocycles. The molecule has 0 bridgehead atoms. The standard InChI is InChI=1S/C20H17N3O2/c1-12-9-10-23-18(11-12)21-13(2)19(23)20(25)22-16-7-3-6-15-14(16)5-4-8-17(15)24/h3-11,24H,1-2H3,(H,22,25). The molecule has 124 valence electrons. The number of phenolic OH excluding ortho intramolecular Hbond substituents is 1. The van der Waals surface area contributed by atoms with Gasteiger partial charge in [-0.2, -0.15) is 0 Å². The smallest absolute Gasteiger partial charge is 0.274 e. The van der Waals surface area contributed by atoms with Crippen LogP contribution in [-0.2, 0) is 0 Å². The zero-order chi connectivity index (χ0) is 17.6. The Morgan fingerprint density at radius 3 is 2.68 bits per heavy atom. The molecule has 0 saturated carbocycles. The molecular formula is C20H17N3O2. The number of carbonyl (C=O) groups excluding carboxylic acids is 1. The molecule has 0 atom stereocenters. The van der Waals surface area contributed by atoms with Gasteiger partial charge in [0.05, 0.1) is 5.69 Å². The Morgan fingerprint density at radius 1 is 1.08 bits per heavy atom. The molecule has 2 N–H and O–H groups in total. The van der Waals surface area contributed by atoms with Crippen LogP contribution in [0.4, 0.5) is 5.69 Å². The quantitative estimate of drug-likeness (QED) is 0.582. The highest BCUT2D eigenvalue weighted by atomic mass is 16.3. The number of fused-ring (bicyclic) bond motifs is 2. The first-order valence-corrected chi connectivity index (χ1v) is 8.02. The zero-order valence-electron chi connectivity index (χ0n) is 13.9. The van der Waals surface area contributed by atoms with E-state index in [-0.39, 0.29) is 11.7 Å². The first-order valence-electron chi connectivity index (χ1n) is 8.02. The van der Waals surface area contributed by atoms with Crippen molar-refractivity contribution < 1.29 is 9.90 Å². The molecule has 4 rings (SSSR count). The minimum atomic E-state index is -0.232. The van der Waals surface area contributed by atoms with Crippen LogP contribution in [-0.4, -0.2) is 20.4 Å². The van der Waals surface area contributed by atoms with Crippen LogP contribution in [0.3, 0.4) is 0 Å². The number of carbonyl (C=O) groups is 1. The van der Waals surface area contributed by atoms with Gasteiger partial charge in [-0.25, -0.2) is 4.98 Å². The lowest BCUT2D eigenvalue weighted by Gasteiger charge is -2.10. The maximum absolute atomic E-state index is 12.9. The highest BCUT2D eigenvalue weighted by Gasteiger charge is 2.17. The van der Waals surface area contributed by atoms with E-state index in [1.807, 2.05) is 56.4 Å². The van der Waals surface area contributed by atoms with Crippen molar-refractivity contribution in [1.82, 2.24) is 9.38 Å². The lowest BCUT2D eigenvalue weighted by molar-refractivity contribution is 0.102. The predicted octanol–water partition coefficient (Wildman–Crippen LogP) is 4.06. The van der Waals surface area contributed by atoms with Crippen molar-refractivity contribution in [3.8, 4) is 5.75 Å². The maximum Gasteiger partial charge on any atom is 0.274 e. The van der Waals surface area contributed by atoms with E-state index in [1.165, 1.54) is 0 Å². The Labute approximate surface area is 144 Å². The average molecular weight is 331 g/mol. The zero-order valence-corrected chi connectivity index (χ0v) is 13.9. The van der Waals surface area contributed by atoms with E-state index in [1.54, 1.807) is 16.5 Å². The number of hydrogen-bond donors (Lipinski definition) is 2. The van der Waals surface area contributed by atoms with Crippen LogP contribution in [0.5, 0.6) is 5.75 Å². The van der Waals surface area contributed by atoms with Gasteiger partial charge in [0.1, 0.15) is 17.1 Å². The van der Waals surface area contributed by atoms with Gasteiger partial charge in [0, 0.05) is 22.7 Å². The summed E-state index contributed by atoms with van der Waals surface area (Å²) in [5, 5.41) is 14.4. The third-order valence-corrected chi connectivity index (χ3v) is 4.32. The summed E-state index contributed by atoms with van der Waals surface area (Å²) in [7, 11) is 0. The number of nitrogens with zero attached hydrogens (tertiary/aromatic N) is 2. The van der Waals surface area contributed by atoms with E-state index in [0.29, 0.717) is 22.5 Å². The molecule has 0 fully saturated rings. The molecule has 2 heterocycles. The minimum absolute atomic E-state index is 0.190. The minimum Gasteiger partial charge on any atom is -0.507 e. The Kier molecular flexibility index (Phi) is 3.42. The van der Waals surface area contributed by atoms with Gasteiger partial charge in [-0.3, -0.25) is 9.20 Å². The molecular weight excluding hydrogens is 314 g/mol. The average Bonchev–Trinajstić information content (AvgIpc) is 2.90. The number of amides is 1. The lowest BCUT2D eigenvalue weighted by atomic mass is 10.1. The second kappa shape index (κ2) is 5.63. The third-order valence-electron chi connectivity index (χ3n) is 4.32.